The van der Waals surface area contributed by atoms with Crippen LogP contribution >= 0.6 is 0 Å². The Kier molecular flexibility index (Phi) is 4.21. The lowest BCUT2D eigenvalue weighted by Gasteiger charge is -2.23. The Morgan fingerprint density at radius 2 is 1.54 bits per heavy atom. The Bertz CT molecular complexity index is 868. The summed E-state index contributed by atoms with van der Waals surface area (Å²) < 4.78 is 121. The molecule has 24 heavy (non-hydrogen) atoms. The third-order valence-corrected chi connectivity index (χ3v) is 6.05. The van der Waals surface area contributed by atoms with Crippen molar-refractivity contribution >= 4 is 19.9 Å². The summed E-state index contributed by atoms with van der Waals surface area (Å²) in [6, 6.07) is 0. The van der Waals surface area contributed by atoms with E-state index < -0.39 is 64.2 Å². The lowest BCUT2D eigenvalue weighted by molar-refractivity contribution is -0.0450. The van der Waals surface area contributed by atoms with Crippen LogP contribution in [-0.4, -0.2) is 55.5 Å². The molecule has 1 aromatic heterocycles. The summed E-state index contributed by atoms with van der Waals surface area (Å²) in [4.78, 5) is 1.32. The molecule has 0 aliphatic carbocycles. The van der Waals surface area contributed by atoms with Gasteiger partial charge in [0.05, 0.1) is 5.69 Å². The molecule has 138 valence electrons. The maximum atomic E-state index is 12.7. The molecule has 2 heterocycles. The van der Waals surface area contributed by atoms with E-state index in [9.17, 15) is 43.2 Å². The van der Waals surface area contributed by atoms with E-state index in [1.54, 1.807) is 0 Å². The quantitative estimate of drug-likeness (QED) is 0.683. The van der Waals surface area contributed by atoms with E-state index in [2.05, 4.69) is 5.10 Å². The molecule has 0 saturated carbocycles. The summed E-state index contributed by atoms with van der Waals surface area (Å²) in [6.07, 6.45) is -0.415. The average molecular weight is 401 g/mol. The summed E-state index contributed by atoms with van der Waals surface area (Å²) in [6.45, 7) is -0.481. The van der Waals surface area contributed by atoms with Crippen LogP contribution in [-0.2, 0) is 32.8 Å². The van der Waals surface area contributed by atoms with Gasteiger partial charge < -0.3 is 4.90 Å². The SMILES string of the molecule is CN1CCc2c(c(S(=O)(=O)C(F)(F)F)nn2S(=O)(=O)C(F)(F)F)C1. The van der Waals surface area contributed by atoms with Gasteiger partial charge in [-0.25, -0.2) is 8.42 Å². The molecular weight excluding hydrogens is 392 g/mol. The van der Waals surface area contributed by atoms with Crippen LogP contribution < -0.4 is 0 Å². The van der Waals surface area contributed by atoms with E-state index in [1.807, 2.05) is 0 Å². The summed E-state index contributed by atoms with van der Waals surface area (Å²) in [5.41, 5.74) is -13.1. The fourth-order valence-electron chi connectivity index (χ4n) is 2.12. The van der Waals surface area contributed by atoms with E-state index in [1.165, 1.54) is 11.9 Å². The maximum Gasteiger partial charge on any atom is 0.518 e. The van der Waals surface area contributed by atoms with Gasteiger partial charge >= 0.3 is 21.0 Å². The number of hydrogen-bond donors (Lipinski definition) is 0. The minimum Gasteiger partial charge on any atom is -0.302 e. The van der Waals surface area contributed by atoms with Crippen LogP contribution in [0.5, 0.6) is 0 Å². The number of sulfone groups is 1. The predicted octanol–water partition coefficient (Wildman–Crippen LogP) is 0.862. The highest BCUT2D eigenvalue weighted by atomic mass is 32.2. The summed E-state index contributed by atoms with van der Waals surface area (Å²) in [5, 5.41) is 0.945. The summed E-state index contributed by atoms with van der Waals surface area (Å²) in [5.74, 6) is 0. The molecule has 0 atom stereocenters. The number of nitrogens with zero attached hydrogens (tertiary/aromatic N) is 3. The van der Waals surface area contributed by atoms with Crippen molar-refractivity contribution in [3.8, 4) is 0 Å². The van der Waals surface area contributed by atoms with Crippen LogP contribution in [0, 0.1) is 0 Å². The highest BCUT2D eigenvalue weighted by Crippen LogP contribution is 2.36. The average Bonchev–Trinajstić information content (AvgIpc) is 2.75. The molecule has 0 fully saturated rings. The second kappa shape index (κ2) is 5.32. The third-order valence-electron chi connectivity index (χ3n) is 3.26. The van der Waals surface area contributed by atoms with Gasteiger partial charge in [-0.2, -0.15) is 38.8 Å². The monoisotopic (exact) mass is 401 g/mol. The zero-order valence-corrected chi connectivity index (χ0v) is 13.3. The highest BCUT2D eigenvalue weighted by Gasteiger charge is 2.54. The molecule has 0 aromatic carbocycles. The van der Waals surface area contributed by atoms with Crippen LogP contribution in [0.2, 0.25) is 0 Å². The first-order valence-electron chi connectivity index (χ1n) is 6.03. The van der Waals surface area contributed by atoms with Crippen LogP contribution in [0.4, 0.5) is 26.3 Å². The van der Waals surface area contributed by atoms with Gasteiger partial charge in [0, 0.05) is 25.1 Å². The second-order valence-corrected chi connectivity index (χ2v) is 8.58. The van der Waals surface area contributed by atoms with Gasteiger partial charge in [0.25, 0.3) is 9.84 Å². The highest BCUT2D eigenvalue weighted by molar-refractivity contribution is 7.92. The van der Waals surface area contributed by atoms with E-state index in [0.29, 0.717) is 0 Å². The summed E-state index contributed by atoms with van der Waals surface area (Å²) >= 11 is 0. The topological polar surface area (TPSA) is 89.3 Å². The van der Waals surface area contributed by atoms with E-state index in [4.69, 9.17) is 0 Å². The Labute approximate surface area is 131 Å². The molecule has 0 N–H and O–H groups in total. The molecule has 15 heteroatoms. The van der Waals surface area contributed by atoms with Crippen molar-refractivity contribution in [1.82, 2.24) is 14.1 Å². The Balaban J connectivity index is 2.82. The molecule has 7 nitrogen and oxygen atoms in total. The maximum absolute atomic E-state index is 12.7. The van der Waals surface area contributed by atoms with Crippen LogP contribution in [0.1, 0.15) is 11.3 Å². The molecule has 1 aromatic rings. The van der Waals surface area contributed by atoms with Crippen molar-refractivity contribution in [3.05, 3.63) is 11.3 Å². The van der Waals surface area contributed by atoms with Crippen molar-refractivity contribution in [2.75, 3.05) is 13.6 Å². The first-order valence-corrected chi connectivity index (χ1v) is 8.95. The number of rotatable bonds is 2. The molecule has 0 spiro atoms. The number of fused-ring (bicyclic) bond motifs is 1. The van der Waals surface area contributed by atoms with Crippen molar-refractivity contribution in [1.29, 1.82) is 0 Å². The number of hydrogen-bond acceptors (Lipinski definition) is 6. The van der Waals surface area contributed by atoms with E-state index >= 15 is 0 Å². The lowest BCUT2D eigenvalue weighted by atomic mass is 10.1. The molecule has 2 rings (SSSR count). The standard InChI is InChI=1S/C9H9F6N3O4S2/c1-17-3-2-6-5(4-17)7(23(19,20)8(10,11)12)16-18(6)24(21,22)9(13,14)15/h2-4H2,1H3. The molecular formula is C9H9F6N3O4S2. The normalized spacial score (nSPS) is 17.8. The largest absolute Gasteiger partial charge is 0.518 e. The zero-order chi connectivity index (χ0) is 18.7. The Hall–Kier alpha value is -1.35. The number of alkyl halides is 6. The van der Waals surface area contributed by atoms with Crippen LogP contribution in [0.25, 0.3) is 0 Å². The van der Waals surface area contributed by atoms with Crippen molar-refractivity contribution in [2.24, 2.45) is 0 Å². The first-order chi connectivity index (χ1) is 10.6. The number of aromatic nitrogens is 2. The molecule has 0 amide bonds. The number of likely N-dealkylation sites (N-methyl/N-ethyl adjacent to an activating group) is 1. The van der Waals surface area contributed by atoms with E-state index in [-0.39, 0.29) is 6.54 Å². The molecule has 0 bridgehead atoms. The fourth-order valence-corrected chi connectivity index (χ4v) is 3.96. The van der Waals surface area contributed by atoms with Gasteiger partial charge in [-0.15, -0.1) is 5.10 Å². The molecule has 0 radical (unpaired) electrons. The predicted molar refractivity (Wildman–Crippen MR) is 65.9 cm³/mol. The first kappa shape index (κ1) is 19.0. The van der Waals surface area contributed by atoms with Gasteiger partial charge in [-0.3, -0.25) is 0 Å². The minimum absolute atomic E-state index is 0.0115. The molecule has 1 aliphatic heterocycles. The second-order valence-electron chi connectivity index (χ2n) is 4.96. The van der Waals surface area contributed by atoms with Crippen molar-refractivity contribution in [3.63, 3.8) is 0 Å². The number of halogens is 6. The van der Waals surface area contributed by atoms with Crippen molar-refractivity contribution < 1.29 is 43.2 Å². The van der Waals surface area contributed by atoms with Gasteiger partial charge in [0.2, 0.25) is 0 Å². The van der Waals surface area contributed by atoms with E-state index in [0.717, 1.165) is 0 Å². The molecule has 1 aliphatic rings. The third kappa shape index (κ3) is 2.77. The van der Waals surface area contributed by atoms with Gasteiger partial charge in [-0.05, 0) is 7.05 Å². The smallest absolute Gasteiger partial charge is 0.302 e. The summed E-state index contributed by atoms with van der Waals surface area (Å²) in [7, 11) is -10.9. The minimum atomic E-state index is -6.17. The Morgan fingerprint density at radius 1 is 1.00 bits per heavy atom. The molecule has 0 saturated heterocycles. The van der Waals surface area contributed by atoms with Gasteiger partial charge in [-0.1, -0.05) is 0 Å². The molecule has 0 unspecified atom stereocenters. The fraction of sp³-hybridized carbons (Fsp3) is 0.667. The van der Waals surface area contributed by atoms with Crippen LogP contribution in [0.3, 0.4) is 0 Å². The Morgan fingerprint density at radius 3 is 2.00 bits per heavy atom. The van der Waals surface area contributed by atoms with Gasteiger partial charge in [0.15, 0.2) is 5.03 Å². The zero-order valence-electron chi connectivity index (χ0n) is 11.7. The van der Waals surface area contributed by atoms with Crippen molar-refractivity contribution in [2.45, 2.75) is 29.0 Å². The lowest BCUT2D eigenvalue weighted by Crippen LogP contribution is -2.34. The van der Waals surface area contributed by atoms with Crippen LogP contribution in [0.15, 0.2) is 5.03 Å². The van der Waals surface area contributed by atoms with Gasteiger partial charge in [0.1, 0.15) is 0 Å².